The molecule has 0 bridgehead atoms. The molecule has 2 aromatic carbocycles. The van der Waals surface area contributed by atoms with E-state index in [1.807, 2.05) is 6.92 Å². The molecule has 0 atom stereocenters. The SMILES string of the molecule is CCCC(=O)O.O=C(O)O.O=C(O)c1ccccc1.O=S(=O)(O)OS(=O)(=O)O.O=S(=O)(O)c1ccccc1. The lowest BCUT2D eigenvalue weighted by atomic mass is 10.2. The van der Waals surface area contributed by atoms with E-state index in [9.17, 15) is 34.8 Å². The zero-order valence-corrected chi connectivity index (χ0v) is 21.6. The van der Waals surface area contributed by atoms with Gasteiger partial charge < -0.3 is 20.4 Å². The van der Waals surface area contributed by atoms with Crippen LogP contribution in [0, 0.1) is 0 Å². The minimum absolute atomic E-state index is 0.0741. The molecule has 38 heavy (non-hydrogen) atoms. The second-order valence-electron chi connectivity index (χ2n) is 5.81. The van der Waals surface area contributed by atoms with Crippen LogP contribution in [0.3, 0.4) is 0 Å². The van der Waals surface area contributed by atoms with Gasteiger partial charge in [0, 0.05) is 6.42 Å². The molecule has 20 heteroatoms. The van der Waals surface area contributed by atoms with Crippen LogP contribution in [-0.2, 0) is 39.3 Å². The molecule has 0 unspecified atom stereocenters. The molecule has 0 radical (unpaired) electrons. The third-order valence-corrected chi connectivity index (χ3v) is 4.94. The number of hydrogen-bond acceptors (Lipinski definition) is 10. The molecule has 0 amide bonds. The minimum Gasteiger partial charge on any atom is -0.481 e. The second-order valence-corrected chi connectivity index (χ2v) is 9.49. The molecule has 0 saturated carbocycles. The van der Waals surface area contributed by atoms with Crippen LogP contribution in [0.1, 0.15) is 30.1 Å². The van der Waals surface area contributed by atoms with Crippen LogP contribution >= 0.6 is 0 Å². The summed E-state index contributed by atoms with van der Waals surface area (Å²) in [7, 11) is -14.2. The average molecular weight is 609 g/mol. The van der Waals surface area contributed by atoms with Crippen LogP contribution in [0.5, 0.6) is 0 Å². The Labute approximate surface area is 217 Å². The van der Waals surface area contributed by atoms with E-state index in [1.165, 1.54) is 12.1 Å². The van der Waals surface area contributed by atoms with E-state index in [1.54, 1.807) is 48.5 Å². The van der Waals surface area contributed by atoms with Crippen molar-refractivity contribution in [1.82, 2.24) is 0 Å². The molecular formula is C18H24O17S3. The van der Waals surface area contributed by atoms with Gasteiger partial charge in [0.2, 0.25) is 0 Å². The standard InChI is InChI=1S/C7H6O2.C6H6O3S.C4H8O2.CH2O3.H2O7S2/c8-7(9)6-4-2-1-3-5-6;7-10(8,9)6-4-2-1-3-5-6;1-2-3-4(5)6;2-1(3)4;1-8(2,3)7-9(4,5)6/h1-5H,(H,8,9);1-5H,(H,7,8,9);2-3H2,1H3,(H,5,6);(H2,2,3,4);(H,1,2,3)(H,4,5,6). The van der Waals surface area contributed by atoms with Gasteiger partial charge in [-0.3, -0.25) is 18.5 Å². The van der Waals surface area contributed by atoms with E-state index >= 15 is 0 Å². The van der Waals surface area contributed by atoms with Gasteiger partial charge in [-0.1, -0.05) is 43.3 Å². The first kappa shape index (κ1) is 38.9. The number of carboxylic acid groups (broad SMARTS) is 4. The maximum Gasteiger partial charge on any atom is 0.503 e. The summed E-state index contributed by atoms with van der Waals surface area (Å²) in [5, 5.41) is 30.2. The fraction of sp³-hybridized carbons (Fsp3) is 0.167. The summed E-state index contributed by atoms with van der Waals surface area (Å²) in [6.45, 7) is 1.84. The average Bonchev–Trinajstić information content (AvgIpc) is 2.73. The number of aromatic carboxylic acids is 1. The van der Waals surface area contributed by atoms with E-state index in [2.05, 4.69) is 3.63 Å². The molecule has 0 aliphatic carbocycles. The van der Waals surface area contributed by atoms with Crippen molar-refractivity contribution >= 4 is 49.0 Å². The van der Waals surface area contributed by atoms with E-state index in [0.717, 1.165) is 6.42 Å². The van der Waals surface area contributed by atoms with Crippen LogP contribution in [0.4, 0.5) is 4.79 Å². The summed E-state index contributed by atoms with van der Waals surface area (Å²) in [5.74, 6) is -1.59. The largest absolute Gasteiger partial charge is 0.503 e. The van der Waals surface area contributed by atoms with Gasteiger partial charge in [0.15, 0.2) is 0 Å². The molecule has 216 valence electrons. The normalized spacial score (nSPS) is 10.2. The summed E-state index contributed by atoms with van der Waals surface area (Å²) < 4.78 is 84.8. The van der Waals surface area contributed by atoms with Crippen molar-refractivity contribution in [2.45, 2.75) is 24.7 Å². The van der Waals surface area contributed by atoms with E-state index in [4.69, 9.17) is 38.9 Å². The van der Waals surface area contributed by atoms with Gasteiger partial charge in [-0.2, -0.15) is 25.3 Å². The van der Waals surface area contributed by atoms with Crippen LogP contribution in [-0.4, -0.2) is 77.4 Å². The molecule has 7 N–H and O–H groups in total. The van der Waals surface area contributed by atoms with Crippen molar-refractivity contribution in [3.05, 3.63) is 66.2 Å². The van der Waals surface area contributed by atoms with Crippen LogP contribution in [0.15, 0.2) is 65.6 Å². The predicted octanol–water partition coefficient (Wildman–Crippen LogP) is 2.02. The number of benzene rings is 2. The Hall–Kier alpha value is -3.66. The fourth-order valence-corrected chi connectivity index (χ4v) is 2.87. The van der Waals surface area contributed by atoms with Gasteiger partial charge >= 0.3 is 38.9 Å². The Morgan fingerprint density at radius 1 is 0.684 bits per heavy atom. The molecule has 2 rings (SSSR count). The topological polar surface area (TPSA) is 304 Å². The lowest BCUT2D eigenvalue weighted by molar-refractivity contribution is -0.137. The summed E-state index contributed by atoms with van der Waals surface area (Å²) in [5.41, 5.74) is 0.331. The van der Waals surface area contributed by atoms with Gasteiger partial charge in [0.25, 0.3) is 10.1 Å². The van der Waals surface area contributed by atoms with E-state index < -0.39 is 49.0 Å². The van der Waals surface area contributed by atoms with Crippen molar-refractivity contribution in [3.63, 3.8) is 0 Å². The monoisotopic (exact) mass is 608 g/mol. The first-order chi connectivity index (χ1) is 17.1. The van der Waals surface area contributed by atoms with Gasteiger partial charge in [-0.15, -0.1) is 3.63 Å². The lowest BCUT2D eigenvalue weighted by Crippen LogP contribution is -2.10. The molecular weight excluding hydrogens is 584 g/mol. The van der Waals surface area contributed by atoms with Crippen LogP contribution in [0.25, 0.3) is 0 Å². The van der Waals surface area contributed by atoms with E-state index in [-0.39, 0.29) is 4.90 Å². The highest BCUT2D eigenvalue weighted by Crippen LogP contribution is 2.05. The summed E-state index contributed by atoms with van der Waals surface area (Å²) in [4.78, 5) is 28.3. The highest BCUT2D eigenvalue weighted by molar-refractivity contribution is 7.94. The number of aliphatic carboxylic acids is 1. The molecule has 17 nitrogen and oxygen atoms in total. The third-order valence-electron chi connectivity index (χ3n) is 2.70. The first-order valence-electron chi connectivity index (χ1n) is 9.22. The zero-order chi connectivity index (χ0) is 30.6. The number of rotatable bonds is 6. The van der Waals surface area contributed by atoms with Crippen molar-refractivity contribution in [1.29, 1.82) is 0 Å². The fourth-order valence-electron chi connectivity index (χ4n) is 1.50. The summed E-state index contributed by atoms with van der Waals surface area (Å²) in [6, 6.07) is 15.7. The molecule has 0 fully saturated rings. The minimum atomic E-state index is -5.12. The molecule has 0 aliphatic heterocycles. The number of carbonyl (C=O) groups is 3. The van der Waals surface area contributed by atoms with E-state index in [0.29, 0.717) is 12.0 Å². The molecule has 2 aromatic rings. The third kappa shape index (κ3) is 32.3. The van der Waals surface area contributed by atoms with Crippen molar-refractivity contribution < 1.29 is 77.4 Å². The quantitative estimate of drug-likeness (QED) is 0.231. The molecule has 0 aromatic heterocycles. The lowest BCUT2D eigenvalue weighted by Gasteiger charge is -1.92. The Bertz CT molecular complexity index is 1250. The second kappa shape index (κ2) is 19.5. The maximum absolute atomic E-state index is 10.4. The van der Waals surface area contributed by atoms with Crippen LogP contribution < -0.4 is 0 Å². The maximum atomic E-state index is 10.4. The highest BCUT2D eigenvalue weighted by Gasteiger charge is 2.15. The predicted molar refractivity (Wildman–Crippen MR) is 127 cm³/mol. The molecule has 0 saturated heterocycles. The Morgan fingerprint density at radius 3 is 1.16 bits per heavy atom. The Kier molecular flexibility index (Phi) is 19.9. The van der Waals surface area contributed by atoms with Gasteiger partial charge in [-0.05, 0) is 30.7 Å². The molecule has 0 spiro atoms. The van der Waals surface area contributed by atoms with Gasteiger partial charge in [0.1, 0.15) is 0 Å². The first-order valence-corrected chi connectivity index (χ1v) is 13.4. The van der Waals surface area contributed by atoms with Crippen molar-refractivity contribution in [2.24, 2.45) is 0 Å². The Morgan fingerprint density at radius 2 is 1.03 bits per heavy atom. The van der Waals surface area contributed by atoms with Gasteiger partial charge in [0.05, 0.1) is 10.5 Å². The summed E-state index contributed by atoms with van der Waals surface area (Å²) in [6.07, 6.45) is -0.810. The van der Waals surface area contributed by atoms with Crippen molar-refractivity contribution in [3.8, 4) is 0 Å². The molecule has 0 heterocycles. The van der Waals surface area contributed by atoms with Gasteiger partial charge in [-0.25, -0.2) is 9.59 Å². The number of hydrogen-bond donors (Lipinski definition) is 7. The Balaban J connectivity index is -0.000000416. The number of carboxylic acids is 2. The highest BCUT2D eigenvalue weighted by atomic mass is 32.3. The van der Waals surface area contributed by atoms with Crippen molar-refractivity contribution in [2.75, 3.05) is 0 Å². The van der Waals surface area contributed by atoms with Crippen LogP contribution in [0.2, 0.25) is 0 Å². The summed E-state index contributed by atoms with van der Waals surface area (Å²) >= 11 is 0. The smallest absolute Gasteiger partial charge is 0.481 e. The zero-order valence-electron chi connectivity index (χ0n) is 19.1. The molecule has 0 aliphatic rings.